The van der Waals surface area contributed by atoms with E-state index in [4.69, 9.17) is 18.9 Å². The highest BCUT2D eigenvalue weighted by molar-refractivity contribution is 9.11. The second-order valence-corrected chi connectivity index (χ2v) is 11.8. The van der Waals surface area contributed by atoms with E-state index in [-0.39, 0.29) is 17.7 Å². The van der Waals surface area contributed by atoms with E-state index in [0.29, 0.717) is 48.9 Å². The molecule has 2 aromatic carbocycles. The lowest BCUT2D eigenvalue weighted by molar-refractivity contribution is -0.139. The van der Waals surface area contributed by atoms with Crippen LogP contribution in [0.5, 0.6) is 17.2 Å². The van der Waals surface area contributed by atoms with Gasteiger partial charge < -0.3 is 18.9 Å². The van der Waals surface area contributed by atoms with Crippen molar-refractivity contribution in [3.8, 4) is 17.2 Å². The van der Waals surface area contributed by atoms with Gasteiger partial charge in [-0.2, -0.15) is 0 Å². The molecule has 0 radical (unpaired) electrons. The number of hydrogen-bond acceptors (Lipinski definition) is 8. The second kappa shape index (κ2) is 12.4. The molecule has 0 amide bonds. The number of hydrogen-bond donors (Lipinski definition) is 0. The maximum Gasteiger partial charge on any atom is 0.338 e. The van der Waals surface area contributed by atoms with Gasteiger partial charge in [0, 0.05) is 4.47 Å². The molecule has 0 saturated carbocycles. The Morgan fingerprint density at radius 1 is 1.03 bits per heavy atom. The quantitative estimate of drug-likeness (QED) is 0.283. The average molecular weight is 745 g/mol. The van der Waals surface area contributed by atoms with E-state index in [0.717, 1.165) is 14.5 Å². The van der Waals surface area contributed by atoms with E-state index in [1.54, 1.807) is 46.3 Å². The molecule has 0 saturated heterocycles. The van der Waals surface area contributed by atoms with Crippen LogP contribution in [0.15, 0.2) is 58.7 Å². The van der Waals surface area contributed by atoms with E-state index in [1.165, 1.54) is 15.9 Å². The summed E-state index contributed by atoms with van der Waals surface area (Å²) in [5.41, 5.74) is 1.87. The Kier molecular flexibility index (Phi) is 9.41. The summed E-state index contributed by atoms with van der Waals surface area (Å²) < 4.78 is 26.2. The maximum absolute atomic E-state index is 14.0. The molecule has 0 aliphatic carbocycles. The molecular weight excluding hydrogens is 720 g/mol. The number of thiazole rings is 1. The Labute approximate surface area is 254 Å². The number of benzene rings is 2. The van der Waals surface area contributed by atoms with Gasteiger partial charge in [0.2, 0.25) is 0 Å². The van der Waals surface area contributed by atoms with Crippen molar-refractivity contribution in [3.05, 3.63) is 79.8 Å². The first kappa shape index (κ1) is 29.6. The number of halogens is 3. The largest absolute Gasteiger partial charge is 0.494 e. The van der Waals surface area contributed by atoms with Crippen molar-refractivity contribution < 1.29 is 23.7 Å². The predicted molar refractivity (Wildman–Crippen MR) is 161 cm³/mol. The van der Waals surface area contributed by atoms with Crippen LogP contribution in [0.4, 0.5) is 0 Å². The molecular formula is C27H25Br3N2O6S. The van der Waals surface area contributed by atoms with Crippen LogP contribution in [0.25, 0.3) is 6.08 Å². The molecule has 1 aliphatic rings. The first-order valence-electron chi connectivity index (χ1n) is 11.9. The first-order chi connectivity index (χ1) is 18.6. The second-order valence-electron chi connectivity index (χ2n) is 8.28. The lowest BCUT2D eigenvalue weighted by Crippen LogP contribution is -2.40. The van der Waals surface area contributed by atoms with E-state index in [1.807, 2.05) is 19.1 Å². The van der Waals surface area contributed by atoms with Gasteiger partial charge in [-0.15, -0.1) is 0 Å². The number of carbonyl (C=O) groups is 1. The molecule has 12 heteroatoms. The van der Waals surface area contributed by atoms with Gasteiger partial charge >= 0.3 is 5.97 Å². The van der Waals surface area contributed by atoms with Crippen LogP contribution >= 0.6 is 59.1 Å². The molecule has 4 rings (SSSR count). The van der Waals surface area contributed by atoms with Gasteiger partial charge in [0.05, 0.1) is 58.2 Å². The van der Waals surface area contributed by atoms with Crippen LogP contribution in [0.2, 0.25) is 0 Å². The first-order valence-corrected chi connectivity index (χ1v) is 15.1. The zero-order chi connectivity index (χ0) is 28.4. The monoisotopic (exact) mass is 742 g/mol. The van der Waals surface area contributed by atoms with Crippen molar-refractivity contribution in [1.82, 2.24) is 4.57 Å². The number of carbonyl (C=O) groups excluding carboxylic acids is 1. The Balaban J connectivity index is 1.99. The fourth-order valence-electron chi connectivity index (χ4n) is 4.28. The minimum absolute atomic E-state index is 0.182. The third-order valence-corrected chi connectivity index (χ3v) is 8.76. The van der Waals surface area contributed by atoms with Crippen LogP contribution in [0, 0.1) is 0 Å². The SMILES string of the molecule is CCOC(=O)C1=C(C)N=c2s/c(=C/c3cc(Br)c(OC)c(Br)c3)c(=O)n2[C@H]1c1cc(OC)c(OCC)cc1Br. The molecule has 2 heterocycles. The van der Waals surface area contributed by atoms with E-state index in [2.05, 4.69) is 52.8 Å². The van der Waals surface area contributed by atoms with Gasteiger partial charge in [-0.1, -0.05) is 27.3 Å². The number of fused-ring (bicyclic) bond motifs is 1. The highest BCUT2D eigenvalue weighted by atomic mass is 79.9. The van der Waals surface area contributed by atoms with Crippen LogP contribution in [-0.4, -0.2) is 38.0 Å². The topological polar surface area (TPSA) is 88.4 Å². The molecule has 0 N–H and O–H groups in total. The number of allylic oxidation sites excluding steroid dienone is 1. The number of rotatable bonds is 8. The highest BCUT2D eigenvalue weighted by Crippen LogP contribution is 2.41. The van der Waals surface area contributed by atoms with E-state index in [9.17, 15) is 9.59 Å². The third-order valence-electron chi connectivity index (χ3n) is 5.92. The van der Waals surface area contributed by atoms with Gasteiger partial charge in [0.25, 0.3) is 5.56 Å². The molecule has 39 heavy (non-hydrogen) atoms. The Hall–Kier alpha value is -2.41. The standard InChI is InChI=1S/C27H25Br3N2O6S/c1-6-37-20-12-16(28)15(11-19(20)35-4)23-22(26(34)38-7-2)13(3)31-27-32(23)25(33)21(39-27)10-14-8-17(29)24(36-5)18(30)9-14/h8-12,23H,6-7H2,1-5H3/b21-10+/t23-/m0/s1. The Morgan fingerprint density at radius 2 is 1.72 bits per heavy atom. The van der Waals surface area contributed by atoms with Gasteiger partial charge in [-0.25, -0.2) is 9.79 Å². The summed E-state index contributed by atoms with van der Waals surface area (Å²) in [5.74, 6) is 1.12. The maximum atomic E-state index is 14.0. The van der Waals surface area contributed by atoms with Crippen LogP contribution in [0.3, 0.4) is 0 Å². The van der Waals surface area contributed by atoms with Crippen molar-refractivity contribution in [3.63, 3.8) is 0 Å². The zero-order valence-corrected chi connectivity index (χ0v) is 27.3. The smallest absolute Gasteiger partial charge is 0.338 e. The summed E-state index contributed by atoms with van der Waals surface area (Å²) in [6, 6.07) is 6.46. The highest BCUT2D eigenvalue weighted by Gasteiger charge is 2.35. The average Bonchev–Trinajstić information content (AvgIpc) is 3.18. The molecule has 8 nitrogen and oxygen atoms in total. The Morgan fingerprint density at radius 3 is 2.31 bits per heavy atom. The normalized spacial score (nSPS) is 15.1. The van der Waals surface area contributed by atoms with Crippen LogP contribution in [-0.2, 0) is 9.53 Å². The van der Waals surface area contributed by atoms with Crippen LogP contribution in [0.1, 0.15) is 37.9 Å². The van der Waals surface area contributed by atoms with Crippen molar-refractivity contribution in [2.75, 3.05) is 27.4 Å². The predicted octanol–water partition coefficient (Wildman–Crippen LogP) is 5.50. The number of esters is 1. The third kappa shape index (κ3) is 5.75. The van der Waals surface area contributed by atoms with Gasteiger partial charge in [-0.3, -0.25) is 9.36 Å². The van der Waals surface area contributed by atoms with Crippen molar-refractivity contribution in [2.45, 2.75) is 26.8 Å². The number of ether oxygens (including phenoxy) is 4. The van der Waals surface area contributed by atoms with E-state index >= 15 is 0 Å². The fourth-order valence-corrected chi connectivity index (χ4v) is 7.41. The summed E-state index contributed by atoms with van der Waals surface area (Å²) >= 11 is 11.9. The van der Waals surface area contributed by atoms with Crippen molar-refractivity contribution >= 4 is 71.2 Å². The fraction of sp³-hybridized carbons (Fsp3) is 0.296. The summed E-state index contributed by atoms with van der Waals surface area (Å²) in [5, 5.41) is 0. The number of methoxy groups -OCH3 is 2. The summed E-state index contributed by atoms with van der Waals surface area (Å²) in [7, 11) is 3.12. The lowest BCUT2D eigenvalue weighted by Gasteiger charge is -2.26. The van der Waals surface area contributed by atoms with E-state index < -0.39 is 12.0 Å². The summed E-state index contributed by atoms with van der Waals surface area (Å²) in [6.45, 7) is 5.99. The molecule has 0 unspecified atom stereocenters. The van der Waals surface area contributed by atoms with Gasteiger partial charge in [-0.05, 0) is 94.1 Å². The Bertz CT molecular complexity index is 1640. The molecule has 1 aliphatic heterocycles. The number of nitrogens with zero attached hydrogens (tertiary/aromatic N) is 2. The molecule has 3 aromatic rings. The minimum atomic E-state index is -0.809. The van der Waals surface area contributed by atoms with Gasteiger partial charge in [0.15, 0.2) is 16.3 Å². The summed E-state index contributed by atoms with van der Waals surface area (Å²) in [6.07, 6.45) is 1.78. The van der Waals surface area contributed by atoms with Gasteiger partial charge in [0.1, 0.15) is 5.75 Å². The zero-order valence-electron chi connectivity index (χ0n) is 21.8. The van der Waals surface area contributed by atoms with Crippen molar-refractivity contribution in [1.29, 1.82) is 0 Å². The molecule has 1 aromatic heterocycles. The lowest BCUT2D eigenvalue weighted by atomic mass is 9.95. The van der Waals surface area contributed by atoms with Crippen LogP contribution < -0.4 is 29.1 Å². The van der Waals surface area contributed by atoms with Crippen molar-refractivity contribution in [2.24, 2.45) is 4.99 Å². The molecule has 0 spiro atoms. The molecule has 0 fully saturated rings. The minimum Gasteiger partial charge on any atom is -0.494 e. The molecule has 1 atom stereocenters. The number of aromatic nitrogens is 1. The molecule has 206 valence electrons. The molecule has 0 bridgehead atoms. The summed E-state index contributed by atoms with van der Waals surface area (Å²) in [4.78, 5) is 32.3.